The van der Waals surface area contributed by atoms with Crippen LogP contribution in [0.3, 0.4) is 0 Å². The third kappa shape index (κ3) is 8.20. The molecular weight excluding hydrogens is 532 g/mol. The van der Waals surface area contributed by atoms with Gasteiger partial charge in [-0.25, -0.2) is 9.97 Å². The number of aliphatic hydroxyl groups excluding tert-OH is 1. The fraction of sp³-hybridized carbons (Fsp3) is 0.536. The Bertz CT molecular complexity index is 1170. The zero-order valence-electron chi connectivity index (χ0n) is 23.7. The van der Waals surface area contributed by atoms with E-state index in [1.165, 1.54) is 0 Å². The number of nitrogens with one attached hydrogen (secondary N) is 2. The molecule has 11 heteroatoms. The number of thiazole rings is 1. The van der Waals surface area contributed by atoms with Crippen molar-refractivity contribution >= 4 is 52.9 Å². The van der Waals surface area contributed by atoms with Crippen LogP contribution in [-0.2, 0) is 4.74 Å². The summed E-state index contributed by atoms with van der Waals surface area (Å²) in [6.45, 7) is 14.0. The number of amides is 1. The quantitative estimate of drug-likeness (QED) is 0.209. The van der Waals surface area contributed by atoms with E-state index in [0.717, 1.165) is 39.2 Å². The van der Waals surface area contributed by atoms with Gasteiger partial charge in [0.1, 0.15) is 5.82 Å². The highest BCUT2D eigenvalue weighted by Gasteiger charge is 2.46. The number of aliphatic imine (C=N–C) groups is 1. The van der Waals surface area contributed by atoms with E-state index in [-0.39, 0.29) is 29.5 Å². The van der Waals surface area contributed by atoms with Crippen molar-refractivity contribution in [3.05, 3.63) is 44.9 Å². The molecule has 0 saturated carbocycles. The van der Waals surface area contributed by atoms with Gasteiger partial charge in [-0.2, -0.15) is 0 Å². The van der Waals surface area contributed by atoms with Gasteiger partial charge in [0.05, 0.1) is 45.4 Å². The predicted octanol–water partition coefficient (Wildman–Crippen LogP) is 5.39. The van der Waals surface area contributed by atoms with E-state index in [4.69, 9.17) is 10.1 Å². The summed E-state index contributed by atoms with van der Waals surface area (Å²) in [5.74, 6) is 1.36. The molecule has 39 heavy (non-hydrogen) atoms. The number of methoxy groups -OCH3 is 1. The van der Waals surface area contributed by atoms with Crippen molar-refractivity contribution in [2.24, 2.45) is 10.4 Å². The molecule has 0 aromatic carbocycles. The molecule has 2 aromatic heterocycles. The van der Waals surface area contributed by atoms with Crippen molar-refractivity contribution in [1.82, 2.24) is 14.9 Å². The SMILES string of the molecule is C=N/C(=C\SCNc1ccc(C(=O)N2[C@@H]3CC(=N)C[C@H]2C3)cn1)c1sc(C)nc1C.COCC(O)C(C)(C)C. The van der Waals surface area contributed by atoms with E-state index < -0.39 is 0 Å². The zero-order valence-corrected chi connectivity index (χ0v) is 25.3. The molecule has 0 aliphatic carbocycles. The third-order valence-corrected chi connectivity index (χ3v) is 8.50. The summed E-state index contributed by atoms with van der Waals surface area (Å²) in [6.07, 6.45) is 3.71. The number of ether oxygens (including phenoxy) is 1. The summed E-state index contributed by atoms with van der Waals surface area (Å²) < 4.78 is 4.78. The number of aliphatic hydroxyl groups is 1. The number of pyridine rings is 1. The molecule has 2 aliphatic heterocycles. The molecule has 2 fully saturated rings. The largest absolute Gasteiger partial charge is 0.390 e. The average molecular weight is 573 g/mol. The maximum Gasteiger partial charge on any atom is 0.255 e. The number of piperidine rings is 1. The highest BCUT2D eigenvalue weighted by molar-refractivity contribution is 8.02. The van der Waals surface area contributed by atoms with Crippen molar-refractivity contribution in [2.45, 2.75) is 72.1 Å². The summed E-state index contributed by atoms with van der Waals surface area (Å²) in [7, 11) is 1.59. The topological polar surface area (TPSA) is 124 Å². The molecule has 2 aliphatic rings. The van der Waals surface area contributed by atoms with Gasteiger partial charge >= 0.3 is 0 Å². The lowest BCUT2D eigenvalue weighted by Gasteiger charge is -2.53. The van der Waals surface area contributed by atoms with Crippen molar-refractivity contribution in [1.29, 1.82) is 5.41 Å². The number of thioether (sulfide) groups is 1. The van der Waals surface area contributed by atoms with Crippen LogP contribution in [0.1, 0.15) is 66.0 Å². The van der Waals surface area contributed by atoms with Crippen LogP contribution in [-0.4, -0.2) is 76.1 Å². The number of nitrogens with zero attached hydrogens (tertiary/aromatic N) is 4. The van der Waals surface area contributed by atoms with E-state index in [1.54, 1.807) is 36.4 Å². The fourth-order valence-corrected chi connectivity index (χ4v) is 6.04. The van der Waals surface area contributed by atoms with E-state index in [9.17, 15) is 9.90 Å². The minimum atomic E-state index is -0.359. The Kier molecular flexibility index (Phi) is 10.8. The standard InChI is InChI=1S/C21H24N6OS2.C7H16O2/c1-12-20(30-13(2)26-12)18(23-3)10-29-11-25-19-5-4-14(9-24-19)21(28)27-16-6-15(22)7-17(27)8-16;1-7(2,3)6(8)5-9-4/h4-5,9-10,16-17,22H,3,6-8,11H2,1-2H3,(H,24,25);6,8H,5H2,1-4H3/b18-10-,22-15?;/t16-,17+;. The third-order valence-electron chi connectivity index (χ3n) is 6.70. The summed E-state index contributed by atoms with van der Waals surface area (Å²) in [4.78, 5) is 28.7. The van der Waals surface area contributed by atoms with Crippen molar-refractivity contribution in [3.8, 4) is 0 Å². The number of hydrogen-bond donors (Lipinski definition) is 3. The second-order valence-corrected chi connectivity index (χ2v) is 12.9. The lowest BCUT2D eigenvalue weighted by molar-refractivity contribution is -0.00393. The number of carbonyl (C=O) groups is 1. The van der Waals surface area contributed by atoms with Gasteiger partial charge in [0.15, 0.2) is 0 Å². The first kappa shape index (κ1) is 30.9. The molecule has 0 radical (unpaired) electrons. The highest BCUT2D eigenvalue weighted by atomic mass is 32.2. The van der Waals surface area contributed by atoms with Gasteiger partial charge in [0, 0.05) is 43.9 Å². The van der Waals surface area contributed by atoms with Crippen LogP contribution in [0.4, 0.5) is 5.82 Å². The summed E-state index contributed by atoms with van der Waals surface area (Å²) >= 11 is 3.18. The van der Waals surface area contributed by atoms with Crippen molar-refractivity contribution in [3.63, 3.8) is 0 Å². The van der Waals surface area contributed by atoms with Crippen LogP contribution in [0.15, 0.2) is 28.7 Å². The van der Waals surface area contributed by atoms with Crippen LogP contribution in [0.25, 0.3) is 5.70 Å². The van der Waals surface area contributed by atoms with Crippen LogP contribution in [0.2, 0.25) is 0 Å². The number of aromatic nitrogens is 2. The van der Waals surface area contributed by atoms with E-state index in [0.29, 0.717) is 30.9 Å². The minimum Gasteiger partial charge on any atom is -0.390 e. The van der Waals surface area contributed by atoms with Crippen LogP contribution < -0.4 is 5.32 Å². The smallest absolute Gasteiger partial charge is 0.255 e. The maximum absolute atomic E-state index is 12.8. The second-order valence-electron chi connectivity index (χ2n) is 10.8. The molecule has 1 amide bonds. The Labute approximate surface area is 239 Å². The van der Waals surface area contributed by atoms with Crippen LogP contribution in [0, 0.1) is 24.7 Å². The lowest BCUT2D eigenvalue weighted by atomic mass is 9.78. The van der Waals surface area contributed by atoms with Crippen molar-refractivity contribution < 1.29 is 14.6 Å². The monoisotopic (exact) mass is 572 g/mol. The fourth-order valence-electron chi connectivity index (χ4n) is 4.40. The van der Waals surface area contributed by atoms with Gasteiger partial charge in [-0.1, -0.05) is 20.8 Å². The van der Waals surface area contributed by atoms with E-state index >= 15 is 0 Å². The van der Waals surface area contributed by atoms with Gasteiger partial charge < -0.3 is 25.5 Å². The Hall–Kier alpha value is -2.60. The molecule has 212 valence electrons. The van der Waals surface area contributed by atoms with Gasteiger partial charge in [0.25, 0.3) is 5.91 Å². The van der Waals surface area contributed by atoms with Crippen molar-refractivity contribution in [2.75, 3.05) is 24.9 Å². The predicted molar refractivity (Wildman–Crippen MR) is 162 cm³/mol. The molecule has 2 aromatic rings. The maximum atomic E-state index is 12.8. The lowest BCUT2D eigenvalue weighted by Crippen LogP contribution is -2.63. The first-order valence-corrected chi connectivity index (χ1v) is 14.8. The van der Waals surface area contributed by atoms with Gasteiger partial charge in [-0.15, -0.1) is 23.1 Å². The number of aryl methyl sites for hydroxylation is 2. The Balaban J connectivity index is 0.000000403. The number of fused-ring (bicyclic) bond motifs is 2. The summed E-state index contributed by atoms with van der Waals surface area (Å²) in [6, 6.07) is 4.04. The number of carbonyl (C=O) groups excluding carboxylic acids is 1. The molecule has 1 unspecified atom stereocenters. The van der Waals surface area contributed by atoms with Gasteiger partial charge in [-0.05, 0) is 49.9 Å². The van der Waals surface area contributed by atoms with Crippen LogP contribution >= 0.6 is 23.1 Å². The molecule has 3 atom stereocenters. The normalized spacial score (nSPS) is 19.5. The summed E-state index contributed by atoms with van der Waals surface area (Å²) in [5, 5.41) is 23.3. The first-order valence-electron chi connectivity index (χ1n) is 12.9. The molecule has 2 saturated heterocycles. The highest BCUT2D eigenvalue weighted by Crippen LogP contribution is 2.37. The molecule has 2 bridgehead atoms. The molecule has 0 spiro atoms. The van der Waals surface area contributed by atoms with Gasteiger partial charge in [0.2, 0.25) is 0 Å². The van der Waals surface area contributed by atoms with E-state index in [2.05, 4.69) is 27.0 Å². The van der Waals surface area contributed by atoms with Crippen LogP contribution in [0.5, 0.6) is 0 Å². The molecular formula is C28H40N6O3S2. The number of rotatable bonds is 9. The molecule has 4 rings (SSSR count). The van der Waals surface area contributed by atoms with Gasteiger partial charge in [-0.3, -0.25) is 9.79 Å². The minimum absolute atomic E-state index is 0.0250. The number of hydrogen-bond acceptors (Lipinski definition) is 10. The molecule has 4 heterocycles. The first-order chi connectivity index (χ1) is 18.4. The summed E-state index contributed by atoms with van der Waals surface area (Å²) in [5.41, 5.74) is 3.10. The number of anilines is 1. The Morgan fingerprint density at radius 1 is 1.38 bits per heavy atom. The second kappa shape index (κ2) is 13.6. The molecule has 9 nitrogen and oxygen atoms in total. The Morgan fingerprint density at radius 2 is 2.08 bits per heavy atom. The zero-order chi connectivity index (χ0) is 28.7. The Morgan fingerprint density at radius 3 is 2.56 bits per heavy atom. The average Bonchev–Trinajstić information content (AvgIpc) is 3.21. The molecule has 3 N–H and O–H groups in total. The van der Waals surface area contributed by atoms with E-state index in [1.807, 2.05) is 57.1 Å².